The number of carbonyl (C=O) groups is 1. The zero-order valence-electron chi connectivity index (χ0n) is 15.2. The molecule has 3 aromatic rings. The number of rotatable bonds is 5. The minimum atomic E-state index is 0.0273. The second-order valence-electron chi connectivity index (χ2n) is 6.64. The molecule has 140 valence electrons. The molecule has 0 aliphatic carbocycles. The van der Waals surface area contributed by atoms with E-state index >= 15 is 0 Å². The highest BCUT2D eigenvalue weighted by Crippen LogP contribution is 2.31. The Kier molecular flexibility index (Phi) is 5.24. The summed E-state index contributed by atoms with van der Waals surface area (Å²) in [4.78, 5) is 20.9. The quantitative estimate of drug-likeness (QED) is 0.508. The number of anilines is 2. The van der Waals surface area contributed by atoms with Crippen LogP contribution in [0.25, 0.3) is 10.4 Å². The number of benzene rings is 1. The molecule has 1 aliphatic rings. The van der Waals surface area contributed by atoms with Gasteiger partial charge in [-0.25, -0.2) is 4.98 Å². The number of nitrogens with zero attached hydrogens (tertiary/aromatic N) is 2. The van der Waals surface area contributed by atoms with Crippen LogP contribution >= 0.6 is 22.7 Å². The van der Waals surface area contributed by atoms with Crippen molar-refractivity contribution in [2.24, 2.45) is 0 Å². The van der Waals surface area contributed by atoms with E-state index in [1.54, 1.807) is 11.3 Å². The molecule has 5 nitrogen and oxygen atoms in total. The number of Topliss-reactive ketones (excluding diaryl/α,β-unsaturated/α-hetero) is 1. The highest BCUT2D eigenvalue weighted by Gasteiger charge is 2.21. The van der Waals surface area contributed by atoms with Crippen LogP contribution in [0.3, 0.4) is 0 Å². The molecule has 27 heavy (non-hydrogen) atoms. The number of nitrogens with two attached hydrogens (primary N) is 1. The van der Waals surface area contributed by atoms with Gasteiger partial charge in [0.15, 0.2) is 10.8 Å². The number of nitrogen functional groups attached to an aromatic ring is 1. The van der Waals surface area contributed by atoms with Gasteiger partial charge in [-0.2, -0.15) is 0 Å². The van der Waals surface area contributed by atoms with Crippen molar-refractivity contribution in [3.63, 3.8) is 0 Å². The van der Waals surface area contributed by atoms with E-state index in [0.29, 0.717) is 10.7 Å². The van der Waals surface area contributed by atoms with Crippen LogP contribution in [0.15, 0.2) is 35.7 Å². The summed E-state index contributed by atoms with van der Waals surface area (Å²) in [5, 5.41) is 7.08. The third-order valence-corrected chi connectivity index (χ3v) is 6.89. The Balaban J connectivity index is 1.55. The Bertz CT molecular complexity index is 943. The summed E-state index contributed by atoms with van der Waals surface area (Å²) >= 11 is 3.18. The largest absolute Gasteiger partial charge is 0.398 e. The van der Waals surface area contributed by atoms with Gasteiger partial charge in [-0.05, 0) is 41.6 Å². The smallest absolute Gasteiger partial charge is 0.195 e. The van der Waals surface area contributed by atoms with E-state index in [0.717, 1.165) is 48.0 Å². The Morgan fingerprint density at radius 1 is 1.30 bits per heavy atom. The van der Waals surface area contributed by atoms with Gasteiger partial charge in [0, 0.05) is 43.2 Å². The fourth-order valence-electron chi connectivity index (χ4n) is 3.27. The second-order valence-corrected chi connectivity index (χ2v) is 8.56. The van der Waals surface area contributed by atoms with E-state index in [4.69, 9.17) is 5.73 Å². The maximum Gasteiger partial charge on any atom is 0.195 e. The molecule has 1 saturated heterocycles. The van der Waals surface area contributed by atoms with E-state index in [1.807, 2.05) is 36.6 Å². The minimum absolute atomic E-state index is 0.0273. The molecular weight excluding hydrogens is 376 g/mol. The van der Waals surface area contributed by atoms with Crippen LogP contribution in [0.2, 0.25) is 0 Å². The first-order chi connectivity index (χ1) is 13.1. The first-order valence-electron chi connectivity index (χ1n) is 9.00. The van der Waals surface area contributed by atoms with Crippen LogP contribution < -0.4 is 16.0 Å². The highest BCUT2D eigenvalue weighted by molar-refractivity contribution is 7.17. The molecule has 7 heteroatoms. The SMILES string of the molecule is Cc1nc(C(=O)Cc2cc(-c3cccs3)ccc2N)sc1N1CCNCC1. The van der Waals surface area contributed by atoms with Gasteiger partial charge in [0.25, 0.3) is 0 Å². The van der Waals surface area contributed by atoms with Crippen molar-refractivity contribution in [1.29, 1.82) is 0 Å². The van der Waals surface area contributed by atoms with Crippen LogP contribution in [0, 0.1) is 6.92 Å². The predicted molar refractivity (Wildman–Crippen MR) is 114 cm³/mol. The monoisotopic (exact) mass is 398 g/mol. The molecule has 0 bridgehead atoms. The molecule has 0 amide bonds. The topological polar surface area (TPSA) is 71.2 Å². The van der Waals surface area contributed by atoms with Gasteiger partial charge in [-0.1, -0.05) is 23.5 Å². The van der Waals surface area contributed by atoms with Gasteiger partial charge in [0.1, 0.15) is 5.00 Å². The van der Waals surface area contributed by atoms with Gasteiger partial charge in [0.05, 0.1) is 5.69 Å². The Labute approximate surface area is 166 Å². The van der Waals surface area contributed by atoms with E-state index < -0.39 is 0 Å². The number of hydrogen-bond acceptors (Lipinski definition) is 7. The Morgan fingerprint density at radius 3 is 2.85 bits per heavy atom. The van der Waals surface area contributed by atoms with Crippen LogP contribution in [0.5, 0.6) is 0 Å². The maximum atomic E-state index is 12.9. The summed E-state index contributed by atoms with van der Waals surface area (Å²) in [5.41, 5.74) is 9.69. The molecule has 1 fully saturated rings. The Morgan fingerprint density at radius 2 is 2.11 bits per heavy atom. The normalized spacial score (nSPS) is 14.5. The molecular formula is C20H22N4OS2. The van der Waals surface area contributed by atoms with E-state index in [2.05, 4.69) is 21.3 Å². The average molecular weight is 399 g/mol. The molecule has 0 spiro atoms. The molecule has 0 saturated carbocycles. The van der Waals surface area contributed by atoms with Crippen LogP contribution in [0.4, 0.5) is 10.7 Å². The molecule has 1 aliphatic heterocycles. The first kappa shape index (κ1) is 18.2. The van der Waals surface area contributed by atoms with Crippen molar-refractivity contribution in [1.82, 2.24) is 10.3 Å². The number of piperazine rings is 1. The molecule has 0 atom stereocenters. The van der Waals surface area contributed by atoms with E-state index in [9.17, 15) is 4.79 Å². The molecule has 4 rings (SSSR count). The summed E-state index contributed by atoms with van der Waals surface area (Å²) in [5.74, 6) is 0.0273. The number of carbonyl (C=O) groups excluding carboxylic acids is 1. The third kappa shape index (κ3) is 3.90. The lowest BCUT2D eigenvalue weighted by molar-refractivity contribution is 0.0992. The summed E-state index contributed by atoms with van der Waals surface area (Å²) in [6.07, 6.45) is 0.277. The van der Waals surface area contributed by atoms with E-state index in [1.165, 1.54) is 16.2 Å². The number of aryl methyl sites for hydroxylation is 1. The van der Waals surface area contributed by atoms with Crippen molar-refractivity contribution >= 4 is 39.1 Å². The number of nitrogens with one attached hydrogen (secondary N) is 1. The lowest BCUT2D eigenvalue weighted by Gasteiger charge is -2.28. The van der Waals surface area contributed by atoms with Crippen molar-refractivity contribution < 1.29 is 4.79 Å². The van der Waals surface area contributed by atoms with Crippen LogP contribution in [0.1, 0.15) is 21.1 Å². The zero-order valence-corrected chi connectivity index (χ0v) is 16.8. The Hall–Kier alpha value is -2.22. The van der Waals surface area contributed by atoms with Gasteiger partial charge in [0.2, 0.25) is 0 Å². The van der Waals surface area contributed by atoms with Crippen molar-refractivity contribution in [3.8, 4) is 10.4 Å². The average Bonchev–Trinajstić information content (AvgIpc) is 3.34. The molecule has 1 aromatic carbocycles. The maximum absolute atomic E-state index is 12.9. The zero-order chi connectivity index (χ0) is 18.8. The van der Waals surface area contributed by atoms with Gasteiger partial charge >= 0.3 is 0 Å². The van der Waals surface area contributed by atoms with Gasteiger partial charge < -0.3 is 16.0 Å². The van der Waals surface area contributed by atoms with Crippen LogP contribution in [-0.4, -0.2) is 36.9 Å². The number of ketones is 1. The molecule has 2 aromatic heterocycles. The minimum Gasteiger partial charge on any atom is -0.398 e. The molecule has 3 heterocycles. The molecule has 0 unspecified atom stereocenters. The molecule has 3 N–H and O–H groups in total. The fourth-order valence-corrected chi connectivity index (χ4v) is 5.05. The number of thiazole rings is 1. The van der Waals surface area contributed by atoms with E-state index in [-0.39, 0.29) is 12.2 Å². The first-order valence-corrected chi connectivity index (χ1v) is 10.7. The summed E-state index contributed by atoms with van der Waals surface area (Å²) in [7, 11) is 0. The summed E-state index contributed by atoms with van der Waals surface area (Å²) in [6.45, 7) is 5.81. The third-order valence-electron chi connectivity index (χ3n) is 4.71. The van der Waals surface area contributed by atoms with Crippen molar-refractivity contribution in [2.45, 2.75) is 13.3 Å². The second kappa shape index (κ2) is 7.80. The standard InChI is InChI=1S/C20H22N4OS2/c1-13-20(24-8-6-22-7-9-24)27-19(23-13)17(25)12-15-11-14(4-5-16(15)21)18-3-2-10-26-18/h2-5,10-11,22H,6-9,12,21H2,1H3. The lowest BCUT2D eigenvalue weighted by Crippen LogP contribution is -2.43. The fraction of sp³-hybridized carbons (Fsp3) is 0.300. The number of thiophene rings is 1. The van der Waals surface area contributed by atoms with Gasteiger partial charge in [-0.3, -0.25) is 4.79 Å². The van der Waals surface area contributed by atoms with Gasteiger partial charge in [-0.15, -0.1) is 11.3 Å². The number of hydrogen-bond donors (Lipinski definition) is 2. The summed E-state index contributed by atoms with van der Waals surface area (Å²) < 4.78 is 0. The number of aromatic nitrogens is 1. The highest BCUT2D eigenvalue weighted by atomic mass is 32.1. The molecule has 0 radical (unpaired) electrons. The van der Waals surface area contributed by atoms with Crippen molar-refractivity contribution in [2.75, 3.05) is 36.8 Å². The predicted octanol–water partition coefficient (Wildman–Crippen LogP) is 3.60. The summed E-state index contributed by atoms with van der Waals surface area (Å²) in [6, 6.07) is 10.0. The van der Waals surface area contributed by atoms with Crippen molar-refractivity contribution in [3.05, 3.63) is 52.0 Å². The van der Waals surface area contributed by atoms with Crippen LogP contribution in [-0.2, 0) is 6.42 Å². The lowest BCUT2D eigenvalue weighted by atomic mass is 10.0.